The third-order valence-electron chi connectivity index (χ3n) is 5.76. The molecular formula is C25H18N2OS. The number of carbonyl (C=O) groups excluding carboxylic acids is 1. The molecule has 1 aromatic heterocycles. The molecule has 6 rings (SSSR count). The van der Waals surface area contributed by atoms with Gasteiger partial charge >= 0.3 is 0 Å². The Hall–Kier alpha value is -3.11. The first-order chi connectivity index (χ1) is 14.2. The molecule has 140 valence electrons. The molecular weight excluding hydrogens is 376 g/mol. The van der Waals surface area contributed by atoms with E-state index in [1.807, 2.05) is 47.4 Å². The number of amides is 1. The van der Waals surface area contributed by atoms with E-state index in [4.69, 9.17) is 4.98 Å². The fourth-order valence-corrected chi connectivity index (χ4v) is 5.93. The lowest BCUT2D eigenvalue weighted by Gasteiger charge is -2.27. The van der Waals surface area contributed by atoms with Crippen molar-refractivity contribution in [1.29, 1.82) is 0 Å². The lowest BCUT2D eigenvalue weighted by Crippen LogP contribution is -2.30. The Kier molecular flexibility index (Phi) is 3.59. The van der Waals surface area contributed by atoms with Gasteiger partial charge in [0.05, 0.1) is 11.2 Å². The Morgan fingerprint density at radius 1 is 0.897 bits per heavy atom. The van der Waals surface area contributed by atoms with Crippen LogP contribution in [0.3, 0.4) is 0 Å². The summed E-state index contributed by atoms with van der Waals surface area (Å²) in [6, 6.07) is 26.8. The van der Waals surface area contributed by atoms with E-state index in [0.717, 1.165) is 39.0 Å². The van der Waals surface area contributed by atoms with Gasteiger partial charge < -0.3 is 0 Å². The average molecular weight is 394 g/mol. The SMILES string of the molecule is Cc1ccc2nc3c(cc2c1)C1SC(C(=O)N1c1ccccc1)c1ccccc1-3. The van der Waals surface area contributed by atoms with Crippen molar-refractivity contribution < 1.29 is 4.79 Å². The Labute approximate surface area is 173 Å². The van der Waals surface area contributed by atoms with E-state index in [0.29, 0.717) is 0 Å². The second-order valence-electron chi connectivity index (χ2n) is 7.62. The van der Waals surface area contributed by atoms with E-state index in [1.54, 1.807) is 11.8 Å². The highest BCUT2D eigenvalue weighted by Gasteiger charge is 2.47. The van der Waals surface area contributed by atoms with E-state index in [1.165, 1.54) is 5.56 Å². The number of fused-ring (bicyclic) bond motifs is 8. The smallest absolute Gasteiger partial charge is 0.245 e. The third-order valence-corrected chi connectivity index (χ3v) is 7.21. The molecule has 1 fully saturated rings. The number of nitrogens with zero attached hydrogens (tertiary/aromatic N) is 2. The number of para-hydroxylation sites is 1. The highest BCUT2D eigenvalue weighted by Crippen LogP contribution is 2.57. The quantitative estimate of drug-likeness (QED) is 0.394. The van der Waals surface area contributed by atoms with Crippen LogP contribution in [0.4, 0.5) is 5.69 Å². The van der Waals surface area contributed by atoms with E-state index in [-0.39, 0.29) is 16.5 Å². The predicted octanol–water partition coefficient (Wildman–Crippen LogP) is 6.04. The Morgan fingerprint density at radius 2 is 1.69 bits per heavy atom. The average Bonchev–Trinajstić information content (AvgIpc) is 3.03. The Bertz CT molecular complexity index is 1280. The molecule has 4 aromatic rings. The molecule has 3 nitrogen and oxygen atoms in total. The number of aromatic nitrogens is 1. The number of anilines is 1. The molecule has 3 heterocycles. The summed E-state index contributed by atoms with van der Waals surface area (Å²) in [5, 5.41) is 0.817. The number of hydrogen-bond acceptors (Lipinski definition) is 3. The van der Waals surface area contributed by atoms with E-state index < -0.39 is 0 Å². The molecule has 2 bridgehead atoms. The van der Waals surface area contributed by atoms with Crippen LogP contribution >= 0.6 is 11.8 Å². The van der Waals surface area contributed by atoms with Gasteiger partial charge in [0.2, 0.25) is 5.91 Å². The van der Waals surface area contributed by atoms with Gasteiger partial charge in [0.15, 0.2) is 0 Å². The van der Waals surface area contributed by atoms with Crippen molar-refractivity contribution in [3.8, 4) is 11.3 Å². The van der Waals surface area contributed by atoms with Crippen LogP contribution in [0.1, 0.15) is 27.3 Å². The molecule has 0 aliphatic carbocycles. The number of thioether (sulfide) groups is 1. The maximum absolute atomic E-state index is 13.5. The molecule has 0 radical (unpaired) electrons. The number of benzene rings is 3. The van der Waals surface area contributed by atoms with Gasteiger partial charge in [-0.25, -0.2) is 4.98 Å². The maximum Gasteiger partial charge on any atom is 0.245 e. The third kappa shape index (κ3) is 2.45. The lowest BCUT2D eigenvalue weighted by molar-refractivity contribution is -0.117. The van der Waals surface area contributed by atoms with Crippen LogP contribution in [0.2, 0.25) is 0 Å². The molecule has 4 heteroatoms. The zero-order valence-corrected chi connectivity index (χ0v) is 16.7. The molecule has 0 N–H and O–H groups in total. The molecule has 2 atom stereocenters. The molecule has 2 aliphatic heterocycles. The van der Waals surface area contributed by atoms with Gasteiger partial charge in [0.25, 0.3) is 0 Å². The zero-order chi connectivity index (χ0) is 19.5. The first kappa shape index (κ1) is 16.8. The standard InChI is InChI=1S/C25H18N2OS/c1-15-11-12-21-16(13-15)14-20-22(26-21)18-9-5-6-10-19(18)23-24(28)27(25(20)29-23)17-7-3-2-4-8-17/h2-14,23,25H,1H3. The summed E-state index contributed by atoms with van der Waals surface area (Å²) >= 11 is 1.72. The molecule has 2 unspecified atom stereocenters. The molecule has 0 saturated carbocycles. The normalized spacial score (nSPS) is 19.8. The number of aryl methyl sites for hydroxylation is 1. The van der Waals surface area contributed by atoms with Gasteiger partial charge in [-0.3, -0.25) is 9.69 Å². The number of hydrogen-bond donors (Lipinski definition) is 0. The molecule has 0 spiro atoms. The minimum Gasteiger partial charge on any atom is -0.294 e. The Balaban J connectivity index is 1.67. The summed E-state index contributed by atoms with van der Waals surface area (Å²) < 4.78 is 0. The van der Waals surface area contributed by atoms with Gasteiger partial charge in [-0.1, -0.05) is 54.1 Å². The van der Waals surface area contributed by atoms with Crippen LogP contribution in [-0.2, 0) is 4.79 Å². The van der Waals surface area contributed by atoms with Crippen molar-refractivity contribution in [1.82, 2.24) is 4.98 Å². The van der Waals surface area contributed by atoms with Crippen LogP contribution in [-0.4, -0.2) is 10.9 Å². The first-order valence-corrected chi connectivity index (χ1v) is 10.7. The molecule has 1 saturated heterocycles. The second kappa shape index (κ2) is 6.19. The second-order valence-corrected chi connectivity index (χ2v) is 8.81. The molecule has 29 heavy (non-hydrogen) atoms. The number of rotatable bonds is 1. The minimum atomic E-state index is -0.213. The van der Waals surface area contributed by atoms with Crippen LogP contribution in [0.5, 0.6) is 0 Å². The Morgan fingerprint density at radius 3 is 2.55 bits per heavy atom. The summed E-state index contributed by atoms with van der Waals surface area (Å²) in [6.07, 6.45) is 0. The van der Waals surface area contributed by atoms with Gasteiger partial charge in [-0.2, -0.15) is 0 Å². The van der Waals surface area contributed by atoms with Crippen molar-refractivity contribution in [2.24, 2.45) is 0 Å². The van der Waals surface area contributed by atoms with Crippen molar-refractivity contribution in [2.75, 3.05) is 4.90 Å². The first-order valence-electron chi connectivity index (χ1n) is 9.75. The summed E-state index contributed by atoms with van der Waals surface area (Å²) in [5.41, 5.74) is 7.37. The monoisotopic (exact) mass is 394 g/mol. The maximum atomic E-state index is 13.5. The van der Waals surface area contributed by atoms with Crippen LogP contribution in [0.25, 0.3) is 22.2 Å². The molecule has 3 aromatic carbocycles. The van der Waals surface area contributed by atoms with Crippen molar-refractivity contribution >= 4 is 34.3 Å². The number of carbonyl (C=O) groups is 1. The van der Waals surface area contributed by atoms with Crippen LogP contribution in [0.15, 0.2) is 78.9 Å². The van der Waals surface area contributed by atoms with Gasteiger partial charge in [-0.05, 0) is 42.8 Å². The van der Waals surface area contributed by atoms with Gasteiger partial charge in [-0.15, -0.1) is 11.8 Å². The molecule has 1 amide bonds. The highest BCUT2D eigenvalue weighted by molar-refractivity contribution is 8.01. The van der Waals surface area contributed by atoms with Crippen molar-refractivity contribution in [2.45, 2.75) is 17.5 Å². The van der Waals surface area contributed by atoms with E-state index >= 15 is 0 Å². The predicted molar refractivity (Wildman–Crippen MR) is 119 cm³/mol. The highest BCUT2D eigenvalue weighted by atomic mass is 32.2. The summed E-state index contributed by atoms with van der Waals surface area (Å²) in [6.45, 7) is 2.10. The van der Waals surface area contributed by atoms with E-state index in [2.05, 4.69) is 43.3 Å². The topological polar surface area (TPSA) is 33.2 Å². The van der Waals surface area contributed by atoms with Crippen molar-refractivity contribution in [3.05, 3.63) is 95.6 Å². The molecule has 2 aliphatic rings. The zero-order valence-electron chi connectivity index (χ0n) is 15.9. The summed E-state index contributed by atoms with van der Waals surface area (Å²) in [5.74, 6) is 0.147. The fraction of sp³-hybridized carbons (Fsp3) is 0.120. The van der Waals surface area contributed by atoms with Gasteiger partial charge in [0, 0.05) is 22.2 Å². The summed E-state index contributed by atoms with van der Waals surface area (Å²) in [7, 11) is 0. The van der Waals surface area contributed by atoms with Crippen molar-refractivity contribution in [3.63, 3.8) is 0 Å². The van der Waals surface area contributed by atoms with Crippen LogP contribution < -0.4 is 4.90 Å². The summed E-state index contributed by atoms with van der Waals surface area (Å²) in [4.78, 5) is 20.5. The van der Waals surface area contributed by atoms with E-state index in [9.17, 15) is 4.79 Å². The van der Waals surface area contributed by atoms with Crippen LogP contribution in [0, 0.1) is 6.92 Å². The number of pyridine rings is 1. The lowest BCUT2D eigenvalue weighted by atomic mass is 9.94. The minimum absolute atomic E-state index is 0.0882. The largest absolute Gasteiger partial charge is 0.294 e. The van der Waals surface area contributed by atoms with Gasteiger partial charge in [0.1, 0.15) is 10.6 Å². The fourth-order valence-electron chi connectivity index (χ4n) is 4.42.